The van der Waals surface area contributed by atoms with Crippen molar-refractivity contribution in [1.82, 2.24) is 0 Å². The van der Waals surface area contributed by atoms with Gasteiger partial charge in [-0.25, -0.2) is 0 Å². The number of nitrogens with two attached hydrogens (primary N) is 1. The highest BCUT2D eigenvalue weighted by molar-refractivity contribution is 5.43. The first-order valence-corrected chi connectivity index (χ1v) is 7.40. The molecular weight excluding hydrogens is 262 g/mol. The maximum Gasteiger partial charge on any atom is 0.124 e. The summed E-state index contributed by atoms with van der Waals surface area (Å²) in [6, 6.07) is 16.4. The Morgan fingerprint density at radius 2 is 2.00 bits per heavy atom. The van der Waals surface area contributed by atoms with Gasteiger partial charge in [0.15, 0.2) is 0 Å². The monoisotopic (exact) mass is 283 g/mol. The quantitative estimate of drug-likeness (QED) is 0.934. The fraction of sp³-hybridized carbons (Fsp3) is 0.333. The van der Waals surface area contributed by atoms with Crippen molar-refractivity contribution in [3.05, 3.63) is 59.7 Å². The van der Waals surface area contributed by atoms with E-state index in [0.717, 1.165) is 36.3 Å². The summed E-state index contributed by atoms with van der Waals surface area (Å²) in [6.07, 6.45) is 3.04. The summed E-state index contributed by atoms with van der Waals surface area (Å²) in [5.74, 6) is 1.73. The number of methoxy groups -OCH3 is 1. The average molecular weight is 283 g/mol. The molecule has 3 nitrogen and oxygen atoms in total. The highest BCUT2D eigenvalue weighted by Gasteiger charge is 2.26. The number of fused-ring (bicyclic) bond motifs is 1. The first kappa shape index (κ1) is 14.0. The molecule has 0 aliphatic carbocycles. The number of rotatable bonds is 4. The Morgan fingerprint density at radius 1 is 1.19 bits per heavy atom. The second kappa shape index (κ2) is 6.19. The van der Waals surface area contributed by atoms with Gasteiger partial charge < -0.3 is 15.2 Å². The highest BCUT2D eigenvalue weighted by atomic mass is 16.5. The van der Waals surface area contributed by atoms with Gasteiger partial charge in [0.2, 0.25) is 0 Å². The van der Waals surface area contributed by atoms with E-state index in [4.69, 9.17) is 15.2 Å². The normalized spacial score (nSPS) is 20.5. The van der Waals surface area contributed by atoms with Gasteiger partial charge in [0.1, 0.15) is 17.6 Å². The van der Waals surface area contributed by atoms with Crippen molar-refractivity contribution in [2.45, 2.75) is 31.4 Å². The molecule has 0 bridgehead atoms. The fourth-order valence-corrected chi connectivity index (χ4v) is 2.84. The summed E-state index contributed by atoms with van der Waals surface area (Å²) in [6.45, 7) is 0. The van der Waals surface area contributed by atoms with E-state index in [1.165, 1.54) is 5.56 Å². The third-order valence-electron chi connectivity index (χ3n) is 4.02. The van der Waals surface area contributed by atoms with E-state index in [1.54, 1.807) is 7.11 Å². The smallest absolute Gasteiger partial charge is 0.124 e. The van der Waals surface area contributed by atoms with Crippen molar-refractivity contribution in [1.29, 1.82) is 0 Å². The molecule has 1 aliphatic rings. The zero-order valence-electron chi connectivity index (χ0n) is 12.3. The molecule has 3 heteroatoms. The summed E-state index contributed by atoms with van der Waals surface area (Å²) in [4.78, 5) is 0. The predicted molar refractivity (Wildman–Crippen MR) is 83.7 cm³/mol. The van der Waals surface area contributed by atoms with Gasteiger partial charge in [-0.05, 0) is 36.6 Å². The van der Waals surface area contributed by atoms with Crippen LogP contribution in [-0.2, 0) is 6.42 Å². The summed E-state index contributed by atoms with van der Waals surface area (Å²) >= 11 is 0. The van der Waals surface area contributed by atoms with Crippen LogP contribution in [-0.4, -0.2) is 13.2 Å². The molecule has 2 aromatic rings. The molecule has 0 saturated heterocycles. The average Bonchev–Trinajstić information content (AvgIpc) is 2.54. The van der Waals surface area contributed by atoms with Crippen molar-refractivity contribution in [2.24, 2.45) is 5.73 Å². The predicted octanol–water partition coefficient (Wildman–Crippen LogP) is 3.48. The van der Waals surface area contributed by atoms with Crippen LogP contribution in [0.15, 0.2) is 48.5 Å². The molecule has 2 N–H and O–H groups in total. The molecule has 0 aromatic heterocycles. The van der Waals surface area contributed by atoms with Crippen molar-refractivity contribution in [3.63, 3.8) is 0 Å². The maximum atomic E-state index is 6.29. The number of hydrogen-bond donors (Lipinski definition) is 1. The van der Waals surface area contributed by atoms with Gasteiger partial charge in [-0.1, -0.05) is 30.3 Å². The Labute approximate surface area is 125 Å². The minimum atomic E-state index is 0.0182. The van der Waals surface area contributed by atoms with Crippen LogP contribution in [0, 0.1) is 0 Å². The molecular formula is C18H21NO2. The van der Waals surface area contributed by atoms with Gasteiger partial charge in [-0.15, -0.1) is 0 Å². The SMILES string of the molecule is COc1ccc2c(c1)C(N)CC(CCc1ccccc1)O2. The van der Waals surface area contributed by atoms with Crippen LogP contribution in [0.25, 0.3) is 0 Å². The van der Waals surface area contributed by atoms with E-state index < -0.39 is 0 Å². The molecule has 110 valence electrons. The number of ether oxygens (including phenoxy) is 2. The van der Waals surface area contributed by atoms with Gasteiger partial charge in [0.25, 0.3) is 0 Å². The standard InChI is InChI=1S/C18H21NO2/c1-20-14-9-10-18-16(11-14)17(19)12-15(21-18)8-7-13-5-3-2-4-6-13/h2-6,9-11,15,17H,7-8,12,19H2,1H3. The first-order valence-electron chi connectivity index (χ1n) is 7.40. The van der Waals surface area contributed by atoms with Crippen LogP contribution < -0.4 is 15.2 Å². The second-order valence-corrected chi connectivity index (χ2v) is 5.51. The fourth-order valence-electron chi connectivity index (χ4n) is 2.84. The molecule has 0 amide bonds. The first-order chi connectivity index (χ1) is 10.3. The van der Waals surface area contributed by atoms with Crippen molar-refractivity contribution in [3.8, 4) is 11.5 Å². The van der Waals surface area contributed by atoms with Gasteiger partial charge in [0.05, 0.1) is 7.11 Å². The molecule has 1 heterocycles. The van der Waals surface area contributed by atoms with Crippen LogP contribution in [0.3, 0.4) is 0 Å². The topological polar surface area (TPSA) is 44.5 Å². The largest absolute Gasteiger partial charge is 0.497 e. The molecule has 3 rings (SSSR count). The Kier molecular flexibility index (Phi) is 4.11. The van der Waals surface area contributed by atoms with Crippen LogP contribution in [0.2, 0.25) is 0 Å². The van der Waals surface area contributed by atoms with E-state index in [-0.39, 0.29) is 12.1 Å². The van der Waals surface area contributed by atoms with Crippen LogP contribution in [0.5, 0.6) is 11.5 Å². The molecule has 1 aliphatic heterocycles. The Morgan fingerprint density at radius 3 is 2.76 bits per heavy atom. The molecule has 2 atom stereocenters. The zero-order valence-corrected chi connectivity index (χ0v) is 12.3. The Hall–Kier alpha value is -2.00. The van der Waals surface area contributed by atoms with Gasteiger partial charge in [-0.2, -0.15) is 0 Å². The minimum absolute atomic E-state index is 0.0182. The summed E-state index contributed by atoms with van der Waals surface area (Å²) in [5, 5.41) is 0. The van der Waals surface area contributed by atoms with E-state index in [2.05, 4.69) is 24.3 Å². The third-order valence-corrected chi connectivity index (χ3v) is 4.02. The summed E-state index contributed by atoms with van der Waals surface area (Å²) in [7, 11) is 1.67. The third kappa shape index (κ3) is 3.19. The molecule has 21 heavy (non-hydrogen) atoms. The van der Waals surface area contributed by atoms with Crippen molar-refractivity contribution in [2.75, 3.05) is 7.11 Å². The van der Waals surface area contributed by atoms with Gasteiger partial charge in [-0.3, -0.25) is 0 Å². The van der Waals surface area contributed by atoms with E-state index in [9.17, 15) is 0 Å². The lowest BCUT2D eigenvalue weighted by molar-refractivity contribution is 0.150. The van der Waals surface area contributed by atoms with Gasteiger partial charge in [0, 0.05) is 18.0 Å². The zero-order chi connectivity index (χ0) is 14.7. The minimum Gasteiger partial charge on any atom is -0.497 e. The number of benzene rings is 2. The Balaban J connectivity index is 1.67. The lowest BCUT2D eigenvalue weighted by Gasteiger charge is -2.30. The van der Waals surface area contributed by atoms with E-state index in [1.807, 2.05) is 24.3 Å². The molecule has 0 saturated carbocycles. The molecule has 2 unspecified atom stereocenters. The summed E-state index contributed by atoms with van der Waals surface area (Å²) in [5.41, 5.74) is 8.68. The molecule has 0 fully saturated rings. The van der Waals surface area contributed by atoms with E-state index >= 15 is 0 Å². The van der Waals surface area contributed by atoms with E-state index in [0.29, 0.717) is 0 Å². The summed E-state index contributed by atoms with van der Waals surface area (Å²) < 4.78 is 11.3. The lowest BCUT2D eigenvalue weighted by Crippen LogP contribution is -2.30. The van der Waals surface area contributed by atoms with Crippen LogP contribution in [0.1, 0.15) is 30.0 Å². The maximum absolute atomic E-state index is 6.29. The Bertz CT molecular complexity index is 597. The van der Waals surface area contributed by atoms with Crippen LogP contribution in [0.4, 0.5) is 0 Å². The van der Waals surface area contributed by atoms with Crippen LogP contribution >= 0.6 is 0 Å². The van der Waals surface area contributed by atoms with Crippen molar-refractivity contribution < 1.29 is 9.47 Å². The number of hydrogen-bond acceptors (Lipinski definition) is 3. The molecule has 0 spiro atoms. The second-order valence-electron chi connectivity index (χ2n) is 5.51. The van der Waals surface area contributed by atoms with Gasteiger partial charge >= 0.3 is 0 Å². The molecule has 2 aromatic carbocycles. The highest BCUT2D eigenvalue weighted by Crippen LogP contribution is 2.36. The lowest BCUT2D eigenvalue weighted by atomic mass is 9.94. The molecule has 0 radical (unpaired) electrons. The number of aryl methyl sites for hydroxylation is 1. The van der Waals surface area contributed by atoms with Crippen molar-refractivity contribution >= 4 is 0 Å².